The lowest BCUT2D eigenvalue weighted by Gasteiger charge is -2.15. The molecule has 0 fully saturated rings. The maximum absolute atomic E-state index is 12.7. The summed E-state index contributed by atoms with van der Waals surface area (Å²) in [6.45, 7) is 1.72. The van der Waals surface area contributed by atoms with E-state index in [1.165, 1.54) is 7.11 Å². The molecule has 8 heteroatoms. The van der Waals surface area contributed by atoms with E-state index in [0.29, 0.717) is 22.5 Å². The molecule has 140 valence electrons. The van der Waals surface area contributed by atoms with Crippen LogP contribution in [0.25, 0.3) is 0 Å². The Hall–Kier alpha value is -3.26. The number of ketones is 1. The van der Waals surface area contributed by atoms with E-state index in [0.717, 1.165) is 0 Å². The summed E-state index contributed by atoms with van der Waals surface area (Å²) in [6, 6.07) is 13.6. The van der Waals surface area contributed by atoms with Gasteiger partial charge in [0.25, 0.3) is 0 Å². The predicted octanol–water partition coefficient (Wildman–Crippen LogP) is 3.32. The second kappa shape index (κ2) is 9.44. The van der Waals surface area contributed by atoms with Gasteiger partial charge in [0.15, 0.2) is 10.9 Å². The van der Waals surface area contributed by atoms with Crippen LogP contribution in [0.4, 0.5) is 16.2 Å². The molecule has 0 saturated heterocycles. The first-order valence-electron chi connectivity index (χ1n) is 8.14. The van der Waals surface area contributed by atoms with Crippen molar-refractivity contribution < 1.29 is 19.1 Å². The van der Waals surface area contributed by atoms with Crippen molar-refractivity contribution >= 4 is 46.5 Å². The smallest absolute Gasteiger partial charge is 0.413 e. The fourth-order valence-corrected chi connectivity index (χ4v) is 2.38. The van der Waals surface area contributed by atoms with Gasteiger partial charge < -0.3 is 15.4 Å². The molecule has 7 nitrogen and oxygen atoms in total. The summed E-state index contributed by atoms with van der Waals surface area (Å²) in [5.74, 6) is -0.383. The van der Waals surface area contributed by atoms with Gasteiger partial charge in [-0.25, -0.2) is 4.79 Å². The highest BCUT2D eigenvalue weighted by Crippen LogP contribution is 2.25. The highest BCUT2D eigenvalue weighted by molar-refractivity contribution is 7.80. The third kappa shape index (κ3) is 5.61. The van der Waals surface area contributed by atoms with Crippen LogP contribution in [0.1, 0.15) is 29.3 Å². The molecule has 2 aromatic carbocycles. The van der Waals surface area contributed by atoms with E-state index in [9.17, 15) is 14.4 Å². The maximum atomic E-state index is 12.7. The van der Waals surface area contributed by atoms with Crippen LogP contribution in [-0.4, -0.2) is 30.0 Å². The van der Waals surface area contributed by atoms with Crippen LogP contribution in [0.5, 0.6) is 0 Å². The third-order valence-corrected chi connectivity index (χ3v) is 3.77. The van der Waals surface area contributed by atoms with Crippen molar-refractivity contribution in [2.24, 2.45) is 0 Å². The first-order valence-corrected chi connectivity index (χ1v) is 8.55. The first-order chi connectivity index (χ1) is 12.9. The number of ether oxygens (including phenoxy) is 1. The van der Waals surface area contributed by atoms with Crippen LogP contribution in [-0.2, 0) is 9.53 Å². The minimum absolute atomic E-state index is 0.0295. The van der Waals surface area contributed by atoms with Crippen molar-refractivity contribution in [2.75, 3.05) is 17.7 Å². The van der Waals surface area contributed by atoms with Crippen LogP contribution < -0.4 is 16.0 Å². The summed E-state index contributed by atoms with van der Waals surface area (Å²) in [4.78, 5) is 35.7. The molecule has 0 atom stereocenters. The lowest BCUT2D eigenvalue weighted by molar-refractivity contribution is -0.115. The number of nitrogens with one attached hydrogen (secondary N) is 3. The maximum Gasteiger partial charge on any atom is 0.413 e. The summed E-state index contributed by atoms with van der Waals surface area (Å²) in [7, 11) is 1.21. The fraction of sp³-hybridized carbons (Fsp3) is 0.158. The summed E-state index contributed by atoms with van der Waals surface area (Å²) >= 11 is 5.06. The second-order valence-electron chi connectivity index (χ2n) is 5.43. The van der Waals surface area contributed by atoms with Crippen molar-refractivity contribution in [1.82, 2.24) is 5.32 Å². The zero-order valence-electron chi connectivity index (χ0n) is 14.9. The Morgan fingerprint density at radius 1 is 0.963 bits per heavy atom. The van der Waals surface area contributed by atoms with Crippen molar-refractivity contribution in [3.05, 3.63) is 59.7 Å². The van der Waals surface area contributed by atoms with Gasteiger partial charge in [0.05, 0.1) is 18.5 Å². The number of rotatable bonds is 5. The van der Waals surface area contributed by atoms with E-state index in [-0.39, 0.29) is 23.2 Å². The van der Waals surface area contributed by atoms with Crippen LogP contribution in [0, 0.1) is 0 Å². The molecule has 0 aliphatic heterocycles. The Morgan fingerprint density at radius 2 is 1.67 bits per heavy atom. The summed E-state index contributed by atoms with van der Waals surface area (Å²) in [6.07, 6.45) is -0.446. The number of anilines is 2. The average molecular weight is 385 g/mol. The van der Waals surface area contributed by atoms with Crippen LogP contribution >= 0.6 is 12.2 Å². The number of thiocarbonyl (C=S) groups is 1. The van der Waals surface area contributed by atoms with Crippen molar-refractivity contribution in [3.63, 3.8) is 0 Å². The molecule has 0 aliphatic carbocycles. The Balaban J connectivity index is 2.33. The van der Waals surface area contributed by atoms with Gasteiger partial charge in [0.1, 0.15) is 0 Å². The van der Waals surface area contributed by atoms with E-state index < -0.39 is 6.09 Å². The van der Waals surface area contributed by atoms with Gasteiger partial charge in [-0.15, -0.1) is 0 Å². The van der Waals surface area contributed by atoms with E-state index in [2.05, 4.69) is 20.7 Å². The average Bonchev–Trinajstić information content (AvgIpc) is 2.69. The van der Waals surface area contributed by atoms with Crippen LogP contribution in [0.3, 0.4) is 0 Å². The zero-order chi connectivity index (χ0) is 19.8. The number of methoxy groups -OCH3 is 1. The minimum atomic E-state index is -0.733. The lowest BCUT2D eigenvalue weighted by Crippen LogP contribution is -2.34. The molecule has 0 saturated carbocycles. The highest BCUT2D eigenvalue weighted by Gasteiger charge is 2.14. The summed E-state index contributed by atoms with van der Waals surface area (Å²) < 4.78 is 4.49. The topological polar surface area (TPSA) is 96.5 Å². The Morgan fingerprint density at radius 3 is 2.30 bits per heavy atom. The van der Waals surface area contributed by atoms with E-state index >= 15 is 0 Å². The van der Waals surface area contributed by atoms with Crippen LogP contribution in [0.15, 0.2) is 48.5 Å². The van der Waals surface area contributed by atoms with Crippen molar-refractivity contribution in [1.29, 1.82) is 0 Å². The molecule has 27 heavy (non-hydrogen) atoms. The summed E-state index contributed by atoms with van der Waals surface area (Å²) in [5.41, 5.74) is 1.74. The van der Waals surface area contributed by atoms with Crippen LogP contribution in [0.2, 0.25) is 0 Å². The standard InChI is InChI=1S/C19H19N3O4S/c1-3-16(23)20-14-10-9-13(17(24)12-7-5-4-6-8-12)11-15(14)21-18(27)22-19(25)26-2/h4-11H,3H2,1-2H3,(H,20,23)(H2,21,22,25,27). The third-order valence-electron chi connectivity index (χ3n) is 3.56. The minimum Gasteiger partial charge on any atom is -0.453 e. The molecule has 2 amide bonds. The molecule has 0 heterocycles. The number of carbonyl (C=O) groups is 3. The Labute approximate surface area is 162 Å². The van der Waals surface area contributed by atoms with Gasteiger partial charge in [-0.1, -0.05) is 37.3 Å². The molecule has 0 aromatic heterocycles. The largest absolute Gasteiger partial charge is 0.453 e. The molecule has 0 unspecified atom stereocenters. The SMILES string of the molecule is CCC(=O)Nc1ccc(C(=O)c2ccccc2)cc1NC(=S)NC(=O)OC. The molecule has 2 aromatic rings. The normalized spacial score (nSPS) is 9.85. The van der Waals surface area contributed by atoms with Gasteiger partial charge in [0, 0.05) is 17.5 Å². The number of hydrogen-bond acceptors (Lipinski definition) is 5. The van der Waals surface area contributed by atoms with E-state index in [1.54, 1.807) is 49.4 Å². The monoisotopic (exact) mass is 385 g/mol. The molecule has 0 aliphatic rings. The number of benzene rings is 2. The number of alkyl carbamates (subject to hydrolysis) is 1. The van der Waals surface area contributed by atoms with E-state index in [1.807, 2.05) is 6.07 Å². The zero-order valence-corrected chi connectivity index (χ0v) is 15.7. The molecule has 0 bridgehead atoms. The molecular weight excluding hydrogens is 366 g/mol. The van der Waals surface area contributed by atoms with Gasteiger partial charge in [-0.3, -0.25) is 14.9 Å². The molecule has 0 radical (unpaired) electrons. The highest BCUT2D eigenvalue weighted by atomic mass is 32.1. The van der Waals surface area contributed by atoms with Gasteiger partial charge in [-0.05, 0) is 30.4 Å². The number of amides is 2. The number of hydrogen-bond donors (Lipinski definition) is 3. The molecule has 2 rings (SSSR count). The molecule has 0 spiro atoms. The van der Waals surface area contributed by atoms with E-state index in [4.69, 9.17) is 12.2 Å². The molecule has 3 N–H and O–H groups in total. The van der Waals surface area contributed by atoms with Gasteiger partial charge >= 0.3 is 6.09 Å². The lowest BCUT2D eigenvalue weighted by atomic mass is 10.0. The van der Waals surface area contributed by atoms with Crippen molar-refractivity contribution in [3.8, 4) is 0 Å². The number of carbonyl (C=O) groups excluding carboxylic acids is 3. The first kappa shape index (κ1) is 20.1. The van der Waals surface area contributed by atoms with Gasteiger partial charge in [-0.2, -0.15) is 0 Å². The van der Waals surface area contributed by atoms with Crippen molar-refractivity contribution in [2.45, 2.75) is 13.3 Å². The second-order valence-corrected chi connectivity index (χ2v) is 5.84. The molecular formula is C19H19N3O4S. The fourth-order valence-electron chi connectivity index (χ4n) is 2.19. The predicted molar refractivity (Wildman–Crippen MR) is 107 cm³/mol. The Bertz CT molecular complexity index is 869. The summed E-state index contributed by atoms with van der Waals surface area (Å²) in [5, 5.41) is 7.81. The quantitative estimate of drug-likeness (QED) is 0.540. The Kier molecular flexibility index (Phi) is 7.01. The van der Waals surface area contributed by atoms with Gasteiger partial charge in [0.2, 0.25) is 5.91 Å².